The maximum atomic E-state index is 12.4. The average molecular weight is 346 g/mol. The molecule has 0 heterocycles. The number of rotatable bonds is 4. The Balaban J connectivity index is 2.41. The van der Waals surface area contributed by atoms with Gasteiger partial charge < -0.3 is 10.5 Å². The van der Waals surface area contributed by atoms with Gasteiger partial charge in [-0.15, -0.1) is 0 Å². The monoisotopic (exact) mass is 345 g/mol. The number of nitrogen functional groups attached to an aromatic ring is 1. The third-order valence-electron chi connectivity index (χ3n) is 2.90. The van der Waals surface area contributed by atoms with Gasteiger partial charge in [-0.25, -0.2) is 8.42 Å². The zero-order valence-electron chi connectivity index (χ0n) is 11.1. The third kappa shape index (κ3) is 3.61. The van der Waals surface area contributed by atoms with E-state index in [2.05, 4.69) is 0 Å². The minimum atomic E-state index is -3.58. The molecule has 21 heavy (non-hydrogen) atoms. The molecule has 4 nitrogen and oxygen atoms in total. The summed E-state index contributed by atoms with van der Waals surface area (Å²) in [6.45, 7) is 0. The van der Waals surface area contributed by atoms with Crippen molar-refractivity contribution in [3.05, 3.63) is 52.0 Å². The predicted molar refractivity (Wildman–Crippen MR) is 84.8 cm³/mol. The van der Waals surface area contributed by atoms with Crippen LogP contribution in [0.2, 0.25) is 10.0 Å². The van der Waals surface area contributed by atoms with E-state index in [-0.39, 0.29) is 15.7 Å². The van der Waals surface area contributed by atoms with E-state index in [0.29, 0.717) is 22.0 Å². The number of halogens is 2. The SMILES string of the molecule is COc1ccc(N)cc1CS(=O)(=O)c1ccc(Cl)c(Cl)c1. The van der Waals surface area contributed by atoms with E-state index in [9.17, 15) is 8.42 Å². The van der Waals surface area contributed by atoms with Crippen molar-refractivity contribution < 1.29 is 13.2 Å². The fraction of sp³-hybridized carbons (Fsp3) is 0.143. The summed E-state index contributed by atoms with van der Waals surface area (Å²) in [4.78, 5) is 0.0985. The third-order valence-corrected chi connectivity index (χ3v) is 5.30. The normalized spacial score (nSPS) is 11.4. The molecule has 0 aliphatic heterocycles. The first-order valence-electron chi connectivity index (χ1n) is 5.93. The van der Waals surface area contributed by atoms with Gasteiger partial charge in [-0.05, 0) is 36.4 Å². The van der Waals surface area contributed by atoms with Crippen molar-refractivity contribution in [1.82, 2.24) is 0 Å². The van der Waals surface area contributed by atoms with E-state index in [1.165, 1.54) is 25.3 Å². The second-order valence-electron chi connectivity index (χ2n) is 4.41. The van der Waals surface area contributed by atoms with Gasteiger partial charge in [-0.3, -0.25) is 0 Å². The first-order chi connectivity index (χ1) is 9.83. The maximum absolute atomic E-state index is 12.4. The van der Waals surface area contributed by atoms with Gasteiger partial charge in [0.1, 0.15) is 5.75 Å². The number of anilines is 1. The number of hydrogen-bond acceptors (Lipinski definition) is 4. The second-order valence-corrected chi connectivity index (χ2v) is 7.21. The van der Waals surface area contributed by atoms with Crippen molar-refractivity contribution in [1.29, 1.82) is 0 Å². The van der Waals surface area contributed by atoms with Gasteiger partial charge in [-0.2, -0.15) is 0 Å². The molecule has 2 rings (SSSR count). The minimum Gasteiger partial charge on any atom is -0.496 e. The summed E-state index contributed by atoms with van der Waals surface area (Å²) < 4.78 is 30.1. The molecule has 0 saturated carbocycles. The highest BCUT2D eigenvalue weighted by Crippen LogP contribution is 2.29. The van der Waals surface area contributed by atoms with Crippen LogP contribution in [0, 0.1) is 0 Å². The molecule has 0 spiro atoms. The highest BCUT2D eigenvalue weighted by Gasteiger charge is 2.19. The van der Waals surface area contributed by atoms with Gasteiger partial charge in [0.15, 0.2) is 9.84 Å². The van der Waals surface area contributed by atoms with Gasteiger partial charge in [0.2, 0.25) is 0 Å². The molecule has 2 aromatic rings. The Morgan fingerprint density at radius 2 is 1.81 bits per heavy atom. The smallest absolute Gasteiger partial charge is 0.182 e. The predicted octanol–water partition coefficient (Wildman–Crippen LogP) is 3.56. The van der Waals surface area contributed by atoms with Crippen LogP contribution >= 0.6 is 23.2 Å². The van der Waals surface area contributed by atoms with Crippen molar-refractivity contribution in [2.45, 2.75) is 10.6 Å². The molecule has 0 aliphatic rings. The lowest BCUT2D eigenvalue weighted by Gasteiger charge is -2.10. The van der Waals surface area contributed by atoms with Crippen LogP contribution in [0.25, 0.3) is 0 Å². The number of hydrogen-bond donors (Lipinski definition) is 1. The zero-order valence-corrected chi connectivity index (χ0v) is 13.5. The molecule has 0 radical (unpaired) electrons. The lowest BCUT2D eigenvalue weighted by molar-refractivity contribution is 0.411. The van der Waals surface area contributed by atoms with E-state index >= 15 is 0 Å². The van der Waals surface area contributed by atoms with E-state index in [4.69, 9.17) is 33.7 Å². The standard InChI is InChI=1S/C14H13Cl2NO3S/c1-20-14-5-2-10(17)6-9(14)8-21(18,19)11-3-4-12(15)13(16)7-11/h2-7H,8,17H2,1H3. The Morgan fingerprint density at radius 1 is 1.10 bits per heavy atom. The number of sulfone groups is 1. The Kier molecular flexibility index (Phi) is 4.66. The summed E-state index contributed by atoms with van der Waals surface area (Å²) in [5.41, 5.74) is 6.65. The lowest BCUT2D eigenvalue weighted by Crippen LogP contribution is -2.07. The summed E-state index contributed by atoms with van der Waals surface area (Å²) in [5, 5.41) is 0.495. The van der Waals surface area contributed by atoms with Crippen molar-refractivity contribution in [3.63, 3.8) is 0 Å². The summed E-state index contributed by atoms with van der Waals surface area (Å²) in [5.74, 6) is 0.229. The molecule has 2 aromatic carbocycles. The van der Waals surface area contributed by atoms with Gasteiger partial charge in [0.05, 0.1) is 27.8 Å². The van der Waals surface area contributed by atoms with Crippen LogP contribution in [0.4, 0.5) is 5.69 Å². The summed E-state index contributed by atoms with van der Waals surface area (Å²) in [6.07, 6.45) is 0. The van der Waals surface area contributed by atoms with Crippen LogP contribution in [-0.2, 0) is 15.6 Å². The van der Waals surface area contributed by atoms with Crippen molar-refractivity contribution in [2.75, 3.05) is 12.8 Å². The van der Waals surface area contributed by atoms with Gasteiger partial charge in [0, 0.05) is 11.3 Å². The minimum absolute atomic E-state index is 0.0985. The number of nitrogens with two attached hydrogens (primary N) is 1. The lowest BCUT2D eigenvalue weighted by atomic mass is 10.2. The van der Waals surface area contributed by atoms with Crippen LogP contribution < -0.4 is 10.5 Å². The molecule has 0 aromatic heterocycles. The van der Waals surface area contributed by atoms with Crippen LogP contribution in [0.15, 0.2) is 41.3 Å². The van der Waals surface area contributed by atoms with E-state index < -0.39 is 9.84 Å². The number of methoxy groups -OCH3 is 1. The molecule has 0 unspecified atom stereocenters. The Hall–Kier alpha value is -1.43. The van der Waals surface area contributed by atoms with Crippen LogP contribution in [0.3, 0.4) is 0 Å². The van der Waals surface area contributed by atoms with Crippen LogP contribution in [0.5, 0.6) is 5.75 Å². The number of ether oxygens (including phenoxy) is 1. The average Bonchev–Trinajstić information content (AvgIpc) is 2.41. The Bertz CT molecular complexity index is 776. The first-order valence-corrected chi connectivity index (χ1v) is 8.34. The molecule has 0 atom stereocenters. The van der Waals surface area contributed by atoms with E-state index in [0.717, 1.165) is 0 Å². The van der Waals surface area contributed by atoms with Crippen molar-refractivity contribution in [2.24, 2.45) is 0 Å². The highest BCUT2D eigenvalue weighted by atomic mass is 35.5. The van der Waals surface area contributed by atoms with Gasteiger partial charge in [0.25, 0.3) is 0 Å². The van der Waals surface area contributed by atoms with E-state index in [1.807, 2.05) is 0 Å². The van der Waals surface area contributed by atoms with Gasteiger partial charge in [-0.1, -0.05) is 23.2 Å². The highest BCUT2D eigenvalue weighted by molar-refractivity contribution is 7.90. The topological polar surface area (TPSA) is 69.4 Å². The fourth-order valence-electron chi connectivity index (χ4n) is 1.87. The number of benzene rings is 2. The van der Waals surface area contributed by atoms with Crippen LogP contribution in [-0.4, -0.2) is 15.5 Å². The quantitative estimate of drug-likeness (QED) is 0.860. The van der Waals surface area contributed by atoms with E-state index in [1.54, 1.807) is 18.2 Å². The molecular formula is C14H13Cl2NO3S. The summed E-state index contributed by atoms with van der Waals surface area (Å²) in [7, 11) is -2.11. The zero-order chi connectivity index (χ0) is 15.6. The molecule has 112 valence electrons. The van der Waals surface area contributed by atoms with Gasteiger partial charge >= 0.3 is 0 Å². The molecule has 0 bridgehead atoms. The summed E-state index contributed by atoms with van der Waals surface area (Å²) in [6, 6.07) is 9.06. The molecule has 0 saturated heterocycles. The van der Waals surface area contributed by atoms with Crippen LogP contribution in [0.1, 0.15) is 5.56 Å². The molecule has 0 aliphatic carbocycles. The first kappa shape index (κ1) is 15.9. The Labute approximate surface area is 133 Å². The second kappa shape index (κ2) is 6.13. The Morgan fingerprint density at radius 3 is 2.43 bits per heavy atom. The van der Waals surface area contributed by atoms with Crippen molar-refractivity contribution >= 4 is 38.7 Å². The molecular weight excluding hydrogens is 333 g/mol. The molecule has 0 amide bonds. The largest absolute Gasteiger partial charge is 0.496 e. The maximum Gasteiger partial charge on any atom is 0.182 e. The molecule has 7 heteroatoms. The molecule has 0 fully saturated rings. The molecule has 2 N–H and O–H groups in total. The van der Waals surface area contributed by atoms with Crippen molar-refractivity contribution in [3.8, 4) is 5.75 Å². The fourth-order valence-corrected chi connectivity index (χ4v) is 3.61. The summed E-state index contributed by atoms with van der Waals surface area (Å²) >= 11 is 11.7.